The Morgan fingerprint density at radius 1 is 1.30 bits per heavy atom. The van der Waals surface area contributed by atoms with E-state index in [-0.39, 0.29) is 28.2 Å². The summed E-state index contributed by atoms with van der Waals surface area (Å²) in [5, 5.41) is 13.7. The molecule has 7 heteroatoms. The topological polar surface area (TPSA) is 72.2 Å². The van der Waals surface area contributed by atoms with Gasteiger partial charge >= 0.3 is 0 Å². The average Bonchev–Trinajstić information content (AvgIpc) is 2.53. The first-order valence-electron chi connectivity index (χ1n) is 6.92. The Morgan fingerprint density at radius 2 is 1.96 bits per heavy atom. The minimum Gasteiger partial charge on any atom is -0.345 e. The van der Waals surface area contributed by atoms with Crippen molar-refractivity contribution in [3.8, 4) is 0 Å². The summed E-state index contributed by atoms with van der Waals surface area (Å²) in [4.78, 5) is 22.5. The first-order chi connectivity index (χ1) is 10.9. The number of amides is 1. The molecule has 0 aromatic heterocycles. The van der Waals surface area contributed by atoms with Crippen molar-refractivity contribution < 1.29 is 9.72 Å². The quantitative estimate of drug-likeness (QED) is 0.576. The van der Waals surface area contributed by atoms with Gasteiger partial charge in [-0.2, -0.15) is 0 Å². The predicted octanol–water partition coefficient (Wildman–Crippen LogP) is 4.89. The molecular weight excluding hydrogens is 384 g/mol. The van der Waals surface area contributed by atoms with Crippen molar-refractivity contribution in [1.29, 1.82) is 0 Å². The number of benzene rings is 2. The zero-order valence-corrected chi connectivity index (χ0v) is 14.6. The van der Waals surface area contributed by atoms with Crippen molar-refractivity contribution in [2.24, 2.45) is 0 Å². The standard InChI is InChI=1S/C16H14BrClN2O3/c1-2-15(10-3-5-11(17)6-4-10)19-16(21)13-8-7-12(20(22)23)9-14(13)18/h3-9,15H,2H2,1H3,(H,19,21)/t15-/m0/s1. The van der Waals surface area contributed by atoms with Gasteiger partial charge in [-0.1, -0.05) is 46.6 Å². The van der Waals surface area contributed by atoms with Crippen LogP contribution < -0.4 is 5.32 Å². The monoisotopic (exact) mass is 396 g/mol. The first kappa shape index (κ1) is 17.4. The molecule has 0 fully saturated rings. The molecule has 0 aliphatic rings. The van der Waals surface area contributed by atoms with Crippen LogP contribution in [0.3, 0.4) is 0 Å². The molecule has 2 aromatic rings. The van der Waals surface area contributed by atoms with Crippen LogP contribution in [-0.4, -0.2) is 10.8 Å². The van der Waals surface area contributed by atoms with E-state index >= 15 is 0 Å². The molecule has 5 nitrogen and oxygen atoms in total. The molecule has 2 rings (SSSR count). The summed E-state index contributed by atoms with van der Waals surface area (Å²) in [6.45, 7) is 1.96. The van der Waals surface area contributed by atoms with Crippen LogP contribution in [-0.2, 0) is 0 Å². The lowest BCUT2D eigenvalue weighted by molar-refractivity contribution is -0.384. The molecule has 0 spiro atoms. The van der Waals surface area contributed by atoms with Gasteiger partial charge in [0, 0.05) is 16.6 Å². The lowest BCUT2D eigenvalue weighted by Crippen LogP contribution is -2.28. The van der Waals surface area contributed by atoms with Gasteiger partial charge in [0.25, 0.3) is 11.6 Å². The van der Waals surface area contributed by atoms with E-state index in [0.29, 0.717) is 6.42 Å². The molecule has 1 amide bonds. The van der Waals surface area contributed by atoms with E-state index in [1.54, 1.807) is 0 Å². The molecule has 0 saturated carbocycles. The van der Waals surface area contributed by atoms with Crippen molar-refractivity contribution in [2.45, 2.75) is 19.4 Å². The molecule has 0 unspecified atom stereocenters. The van der Waals surface area contributed by atoms with Gasteiger partial charge in [0.15, 0.2) is 0 Å². The maximum Gasteiger partial charge on any atom is 0.270 e. The van der Waals surface area contributed by atoms with E-state index < -0.39 is 4.92 Å². The lowest BCUT2D eigenvalue weighted by Gasteiger charge is -2.18. The molecule has 0 bridgehead atoms. The zero-order chi connectivity index (χ0) is 17.0. The third-order valence-electron chi connectivity index (χ3n) is 3.39. The van der Waals surface area contributed by atoms with Gasteiger partial charge in [-0.15, -0.1) is 0 Å². The number of non-ortho nitro benzene ring substituents is 1. The van der Waals surface area contributed by atoms with Crippen LogP contribution in [0.15, 0.2) is 46.9 Å². The Balaban J connectivity index is 2.19. The molecule has 0 heterocycles. The molecule has 0 saturated heterocycles. The Labute approximate surface area is 146 Å². The van der Waals surface area contributed by atoms with Crippen LogP contribution in [0.25, 0.3) is 0 Å². The van der Waals surface area contributed by atoms with Crippen LogP contribution in [0.5, 0.6) is 0 Å². The van der Waals surface area contributed by atoms with Gasteiger partial charge in [0.05, 0.1) is 21.6 Å². The summed E-state index contributed by atoms with van der Waals surface area (Å²) in [5.74, 6) is -0.361. The summed E-state index contributed by atoms with van der Waals surface area (Å²) < 4.78 is 0.959. The van der Waals surface area contributed by atoms with Crippen molar-refractivity contribution in [3.63, 3.8) is 0 Å². The largest absolute Gasteiger partial charge is 0.345 e. The molecule has 1 N–H and O–H groups in total. The second-order valence-corrected chi connectivity index (χ2v) is 6.23. The predicted molar refractivity (Wildman–Crippen MR) is 92.7 cm³/mol. The SMILES string of the molecule is CC[C@H](NC(=O)c1ccc([N+](=O)[O-])cc1Cl)c1ccc(Br)cc1. The van der Waals surface area contributed by atoms with Gasteiger partial charge < -0.3 is 5.32 Å². The Hall–Kier alpha value is -1.92. The van der Waals surface area contributed by atoms with Gasteiger partial charge in [0.2, 0.25) is 0 Å². The second kappa shape index (κ2) is 7.57. The first-order valence-corrected chi connectivity index (χ1v) is 8.09. The third-order valence-corrected chi connectivity index (χ3v) is 4.24. The normalized spacial score (nSPS) is 11.8. The Morgan fingerprint density at radius 3 is 2.48 bits per heavy atom. The number of carbonyl (C=O) groups excluding carboxylic acids is 1. The van der Waals surface area contributed by atoms with Gasteiger partial charge in [-0.05, 0) is 30.2 Å². The van der Waals surface area contributed by atoms with E-state index in [4.69, 9.17) is 11.6 Å². The summed E-state index contributed by atoms with van der Waals surface area (Å²) >= 11 is 9.36. The van der Waals surface area contributed by atoms with Crippen molar-refractivity contribution in [3.05, 3.63) is 73.2 Å². The number of hydrogen-bond donors (Lipinski definition) is 1. The fraction of sp³-hybridized carbons (Fsp3) is 0.188. The van der Waals surface area contributed by atoms with Crippen LogP contribution in [0, 0.1) is 10.1 Å². The summed E-state index contributed by atoms with van der Waals surface area (Å²) in [6, 6.07) is 11.3. The van der Waals surface area contributed by atoms with E-state index in [9.17, 15) is 14.9 Å². The van der Waals surface area contributed by atoms with E-state index in [2.05, 4.69) is 21.2 Å². The molecule has 0 aliphatic carbocycles. The highest BCUT2D eigenvalue weighted by Gasteiger charge is 2.18. The van der Waals surface area contributed by atoms with Crippen LogP contribution in [0.1, 0.15) is 35.3 Å². The molecule has 2 aromatic carbocycles. The highest BCUT2D eigenvalue weighted by Crippen LogP contribution is 2.24. The number of nitro benzene ring substituents is 1. The van der Waals surface area contributed by atoms with Gasteiger partial charge in [-0.25, -0.2) is 0 Å². The minimum atomic E-state index is -0.551. The number of nitro groups is 1. The third kappa shape index (κ3) is 4.30. The molecule has 0 aliphatic heterocycles. The maximum absolute atomic E-state index is 12.4. The fourth-order valence-electron chi connectivity index (χ4n) is 2.15. The number of nitrogens with one attached hydrogen (secondary N) is 1. The van der Waals surface area contributed by atoms with Crippen LogP contribution >= 0.6 is 27.5 Å². The second-order valence-electron chi connectivity index (χ2n) is 4.91. The molecule has 0 radical (unpaired) electrons. The lowest BCUT2D eigenvalue weighted by atomic mass is 10.0. The molecule has 1 atom stereocenters. The maximum atomic E-state index is 12.4. The number of rotatable bonds is 5. The summed E-state index contributed by atoms with van der Waals surface area (Å²) in [5.41, 5.74) is 1.04. The van der Waals surface area contributed by atoms with E-state index in [1.807, 2.05) is 31.2 Å². The van der Waals surface area contributed by atoms with Gasteiger partial charge in [0.1, 0.15) is 0 Å². The number of carbonyl (C=O) groups is 1. The zero-order valence-electron chi connectivity index (χ0n) is 12.3. The summed E-state index contributed by atoms with van der Waals surface area (Å²) in [7, 11) is 0. The van der Waals surface area contributed by atoms with E-state index in [0.717, 1.165) is 10.0 Å². The van der Waals surface area contributed by atoms with Crippen LogP contribution in [0.4, 0.5) is 5.69 Å². The van der Waals surface area contributed by atoms with Crippen molar-refractivity contribution in [2.75, 3.05) is 0 Å². The Kier molecular flexibility index (Phi) is 5.74. The van der Waals surface area contributed by atoms with E-state index in [1.165, 1.54) is 18.2 Å². The van der Waals surface area contributed by atoms with Crippen molar-refractivity contribution >= 4 is 39.1 Å². The Bertz CT molecular complexity index is 735. The smallest absolute Gasteiger partial charge is 0.270 e. The minimum absolute atomic E-state index is 0.0577. The van der Waals surface area contributed by atoms with Crippen LogP contribution in [0.2, 0.25) is 5.02 Å². The van der Waals surface area contributed by atoms with Crippen molar-refractivity contribution in [1.82, 2.24) is 5.32 Å². The highest BCUT2D eigenvalue weighted by molar-refractivity contribution is 9.10. The highest BCUT2D eigenvalue weighted by atomic mass is 79.9. The molecular formula is C16H14BrClN2O3. The number of hydrogen-bond acceptors (Lipinski definition) is 3. The number of halogens is 2. The molecule has 23 heavy (non-hydrogen) atoms. The number of nitrogens with zero attached hydrogens (tertiary/aromatic N) is 1. The molecule has 120 valence electrons. The fourth-order valence-corrected chi connectivity index (χ4v) is 2.68. The average molecular weight is 398 g/mol. The summed E-state index contributed by atoms with van der Waals surface area (Å²) in [6.07, 6.45) is 0.706. The van der Waals surface area contributed by atoms with Gasteiger partial charge in [-0.3, -0.25) is 14.9 Å².